The van der Waals surface area contributed by atoms with Crippen molar-refractivity contribution in [1.29, 1.82) is 0 Å². The first-order valence-corrected chi connectivity index (χ1v) is 4.61. The Morgan fingerprint density at radius 1 is 1.36 bits per heavy atom. The van der Waals surface area contributed by atoms with E-state index in [9.17, 15) is 4.79 Å². The molecule has 0 amide bonds. The van der Waals surface area contributed by atoms with Crippen molar-refractivity contribution in [1.82, 2.24) is 4.57 Å². The highest BCUT2D eigenvalue weighted by atomic mass is 16.1. The standard InChI is InChI=1S/C11H12N2O/c1-7-4-5-11-10(6-7)12-8(2)13(11)9(3)14/h4-6H,1-3H3/p+1. The van der Waals surface area contributed by atoms with Gasteiger partial charge in [-0.1, -0.05) is 6.07 Å². The number of aromatic amines is 1. The zero-order valence-corrected chi connectivity index (χ0v) is 8.59. The van der Waals surface area contributed by atoms with E-state index in [1.54, 1.807) is 11.5 Å². The van der Waals surface area contributed by atoms with Crippen LogP contribution in [-0.4, -0.2) is 10.5 Å². The maximum absolute atomic E-state index is 11.4. The van der Waals surface area contributed by atoms with E-state index in [-0.39, 0.29) is 5.91 Å². The summed E-state index contributed by atoms with van der Waals surface area (Å²) in [6.45, 7) is 5.50. The fraction of sp³-hybridized carbons (Fsp3) is 0.273. The molecule has 0 fully saturated rings. The molecular weight excluding hydrogens is 176 g/mol. The van der Waals surface area contributed by atoms with Gasteiger partial charge in [0.15, 0.2) is 11.0 Å². The van der Waals surface area contributed by atoms with Crippen LogP contribution in [0, 0.1) is 13.8 Å². The highest BCUT2D eigenvalue weighted by Crippen LogP contribution is 2.13. The normalized spacial score (nSPS) is 10.8. The second kappa shape index (κ2) is 2.94. The number of H-pyrrole nitrogens is 1. The summed E-state index contributed by atoms with van der Waals surface area (Å²) in [5.41, 5.74) is 3.15. The second-order valence-electron chi connectivity index (χ2n) is 3.59. The number of nitrogens with zero attached hydrogens (tertiary/aromatic N) is 1. The average molecular weight is 189 g/mol. The third kappa shape index (κ3) is 1.21. The van der Waals surface area contributed by atoms with Crippen LogP contribution in [0.4, 0.5) is 0 Å². The van der Waals surface area contributed by atoms with Gasteiger partial charge >= 0.3 is 5.91 Å². The van der Waals surface area contributed by atoms with E-state index in [0.29, 0.717) is 0 Å². The number of benzene rings is 1. The molecule has 0 saturated carbocycles. The highest BCUT2D eigenvalue weighted by molar-refractivity contribution is 5.88. The molecule has 72 valence electrons. The summed E-state index contributed by atoms with van der Waals surface area (Å²) < 4.78 is 1.69. The van der Waals surface area contributed by atoms with E-state index < -0.39 is 0 Å². The summed E-state index contributed by atoms with van der Waals surface area (Å²) in [4.78, 5) is 14.6. The van der Waals surface area contributed by atoms with Gasteiger partial charge in [-0.25, -0.2) is 9.78 Å². The number of nitrogens with one attached hydrogen (secondary N) is 1. The van der Waals surface area contributed by atoms with Crippen molar-refractivity contribution in [3.8, 4) is 0 Å². The fourth-order valence-corrected chi connectivity index (χ4v) is 1.78. The Labute approximate surface area is 82.4 Å². The quantitative estimate of drug-likeness (QED) is 0.621. The summed E-state index contributed by atoms with van der Waals surface area (Å²) in [6.07, 6.45) is 0. The minimum Gasteiger partial charge on any atom is -0.247 e. The van der Waals surface area contributed by atoms with Gasteiger partial charge in [0.1, 0.15) is 0 Å². The third-order valence-electron chi connectivity index (χ3n) is 2.36. The Bertz CT molecular complexity index is 511. The van der Waals surface area contributed by atoms with Crippen molar-refractivity contribution in [2.24, 2.45) is 0 Å². The predicted molar refractivity (Wildman–Crippen MR) is 54.3 cm³/mol. The molecule has 3 nitrogen and oxygen atoms in total. The zero-order chi connectivity index (χ0) is 10.3. The number of aryl methyl sites for hydroxylation is 2. The molecule has 1 N–H and O–H groups in total. The fourth-order valence-electron chi connectivity index (χ4n) is 1.78. The average Bonchev–Trinajstić information content (AvgIpc) is 2.39. The number of carbonyl (C=O) groups is 1. The van der Waals surface area contributed by atoms with Crippen LogP contribution in [0.3, 0.4) is 0 Å². The summed E-state index contributed by atoms with van der Waals surface area (Å²) in [6, 6.07) is 6.02. The second-order valence-corrected chi connectivity index (χ2v) is 3.59. The molecule has 1 aromatic carbocycles. The molecule has 0 atom stereocenters. The van der Waals surface area contributed by atoms with Crippen molar-refractivity contribution in [2.45, 2.75) is 20.8 Å². The molecule has 0 spiro atoms. The number of rotatable bonds is 0. The van der Waals surface area contributed by atoms with Gasteiger partial charge in [-0.15, -0.1) is 0 Å². The lowest BCUT2D eigenvalue weighted by atomic mass is 10.2. The molecular formula is C11H13N2O+. The number of hydrogen-bond acceptors (Lipinski definition) is 1. The maximum Gasteiger partial charge on any atom is 0.311 e. The minimum atomic E-state index is 0.0394. The molecule has 0 unspecified atom stereocenters. The molecule has 2 aromatic rings. The van der Waals surface area contributed by atoms with E-state index in [2.05, 4.69) is 4.98 Å². The summed E-state index contributed by atoms with van der Waals surface area (Å²) >= 11 is 0. The molecule has 0 bridgehead atoms. The summed E-state index contributed by atoms with van der Waals surface area (Å²) in [7, 11) is 0. The lowest BCUT2D eigenvalue weighted by Gasteiger charge is -1.92. The van der Waals surface area contributed by atoms with Crippen molar-refractivity contribution >= 4 is 16.9 Å². The van der Waals surface area contributed by atoms with E-state index in [1.807, 2.05) is 32.0 Å². The minimum absolute atomic E-state index is 0.0394. The summed E-state index contributed by atoms with van der Waals surface area (Å²) in [5, 5.41) is 0. The first-order chi connectivity index (χ1) is 6.59. The van der Waals surface area contributed by atoms with E-state index >= 15 is 0 Å². The first kappa shape index (κ1) is 8.94. The molecule has 3 heteroatoms. The molecule has 0 aliphatic carbocycles. The topological polar surface area (TPSA) is 36.1 Å². The Kier molecular flexibility index (Phi) is 1.88. The van der Waals surface area contributed by atoms with Crippen molar-refractivity contribution < 1.29 is 9.78 Å². The number of aromatic nitrogens is 2. The smallest absolute Gasteiger partial charge is 0.247 e. The van der Waals surface area contributed by atoms with Crippen LogP contribution in [0.1, 0.15) is 23.1 Å². The SMILES string of the molecule is CC(=O)n1c(C)[nH+]c2cc(C)ccc21. The van der Waals surface area contributed by atoms with Gasteiger partial charge in [0, 0.05) is 13.8 Å². The molecule has 0 aliphatic heterocycles. The van der Waals surface area contributed by atoms with Gasteiger partial charge < -0.3 is 0 Å². The van der Waals surface area contributed by atoms with E-state index in [0.717, 1.165) is 16.9 Å². The van der Waals surface area contributed by atoms with E-state index in [1.165, 1.54) is 5.56 Å². The molecule has 1 aromatic heterocycles. The molecule has 2 rings (SSSR count). The van der Waals surface area contributed by atoms with Crippen LogP contribution >= 0.6 is 0 Å². The largest absolute Gasteiger partial charge is 0.311 e. The predicted octanol–water partition coefficient (Wildman–Crippen LogP) is 1.73. The lowest BCUT2D eigenvalue weighted by Crippen LogP contribution is -2.12. The Hall–Kier alpha value is -1.64. The van der Waals surface area contributed by atoms with Crippen LogP contribution in [0.2, 0.25) is 0 Å². The third-order valence-corrected chi connectivity index (χ3v) is 2.36. The van der Waals surface area contributed by atoms with Crippen molar-refractivity contribution in [2.75, 3.05) is 0 Å². The lowest BCUT2D eigenvalue weighted by molar-refractivity contribution is -0.356. The number of fused-ring (bicyclic) bond motifs is 1. The van der Waals surface area contributed by atoms with Gasteiger partial charge in [-0.05, 0) is 24.6 Å². The van der Waals surface area contributed by atoms with Gasteiger partial charge in [0.25, 0.3) is 5.82 Å². The molecule has 0 saturated heterocycles. The van der Waals surface area contributed by atoms with E-state index in [4.69, 9.17) is 0 Å². The first-order valence-electron chi connectivity index (χ1n) is 4.61. The highest BCUT2D eigenvalue weighted by Gasteiger charge is 2.17. The van der Waals surface area contributed by atoms with Crippen LogP contribution in [0.15, 0.2) is 18.2 Å². The zero-order valence-electron chi connectivity index (χ0n) is 8.59. The van der Waals surface area contributed by atoms with Crippen LogP contribution in [0.5, 0.6) is 0 Å². The molecule has 14 heavy (non-hydrogen) atoms. The van der Waals surface area contributed by atoms with Crippen molar-refractivity contribution in [3.63, 3.8) is 0 Å². The Morgan fingerprint density at radius 2 is 2.07 bits per heavy atom. The van der Waals surface area contributed by atoms with Gasteiger partial charge in [-0.2, -0.15) is 4.57 Å². The molecule has 1 heterocycles. The number of carbonyl (C=O) groups excluding carboxylic acids is 1. The molecule has 0 aliphatic rings. The monoisotopic (exact) mass is 189 g/mol. The number of hydrogen-bond donors (Lipinski definition) is 0. The van der Waals surface area contributed by atoms with Gasteiger partial charge in [0.05, 0.1) is 0 Å². The Balaban J connectivity index is 2.84. The number of imidazole rings is 1. The molecule has 0 radical (unpaired) electrons. The maximum atomic E-state index is 11.4. The van der Waals surface area contributed by atoms with Gasteiger partial charge in [0.2, 0.25) is 0 Å². The van der Waals surface area contributed by atoms with Crippen LogP contribution < -0.4 is 4.98 Å². The van der Waals surface area contributed by atoms with Crippen LogP contribution in [0.25, 0.3) is 11.0 Å². The van der Waals surface area contributed by atoms with Crippen LogP contribution in [-0.2, 0) is 0 Å². The summed E-state index contributed by atoms with van der Waals surface area (Å²) in [5.74, 6) is 0.913. The Morgan fingerprint density at radius 3 is 2.71 bits per heavy atom. The van der Waals surface area contributed by atoms with Gasteiger partial charge in [-0.3, -0.25) is 0 Å². The van der Waals surface area contributed by atoms with Crippen molar-refractivity contribution in [3.05, 3.63) is 29.6 Å².